The fourth-order valence-electron chi connectivity index (χ4n) is 1.05. The van der Waals surface area contributed by atoms with Gasteiger partial charge in [-0.2, -0.15) is 0 Å². The Morgan fingerprint density at radius 2 is 2.33 bits per heavy atom. The molecular weight excluding hydrogens is 230 g/mol. The number of nitrogens with zero attached hydrogens (tertiary/aromatic N) is 2. The van der Waals surface area contributed by atoms with Gasteiger partial charge in [0.15, 0.2) is 3.95 Å². The lowest BCUT2D eigenvalue weighted by Crippen LogP contribution is -2.13. The summed E-state index contributed by atoms with van der Waals surface area (Å²) >= 11 is 6.22. The van der Waals surface area contributed by atoms with Crippen molar-refractivity contribution in [1.82, 2.24) is 9.88 Å². The molecule has 0 amide bonds. The summed E-state index contributed by atoms with van der Waals surface area (Å²) in [7, 11) is 4.07. The Bertz CT molecular complexity index is 381. The van der Waals surface area contributed by atoms with Gasteiger partial charge in [0.2, 0.25) is 5.88 Å². The van der Waals surface area contributed by atoms with E-state index in [-0.39, 0.29) is 5.88 Å². The molecule has 15 heavy (non-hydrogen) atoms. The summed E-state index contributed by atoms with van der Waals surface area (Å²) < 4.78 is 0.572. The van der Waals surface area contributed by atoms with Crippen molar-refractivity contribution in [2.24, 2.45) is 4.99 Å². The van der Waals surface area contributed by atoms with Crippen LogP contribution in [-0.2, 0) is 0 Å². The molecule has 1 aromatic heterocycles. The van der Waals surface area contributed by atoms with Crippen LogP contribution in [0.15, 0.2) is 4.99 Å². The van der Waals surface area contributed by atoms with Crippen molar-refractivity contribution >= 4 is 29.8 Å². The van der Waals surface area contributed by atoms with E-state index in [9.17, 15) is 5.11 Å². The Morgan fingerprint density at radius 1 is 1.60 bits per heavy atom. The largest absolute Gasteiger partial charge is 0.494 e. The van der Waals surface area contributed by atoms with Crippen molar-refractivity contribution in [2.75, 3.05) is 27.2 Å². The minimum atomic E-state index is 0.112. The monoisotopic (exact) mass is 245 g/mol. The summed E-state index contributed by atoms with van der Waals surface area (Å²) in [5, 5.41) is 9.36. The van der Waals surface area contributed by atoms with E-state index in [0.29, 0.717) is 8.83 Å². The van der Waals surface area contributed by atoms with Crippen LogP contribution in [0.3, 0.4) is 0 Å². The maximum absolute atomic E-state index is 9.36. The molecule has 0 atom stereocenters. The molecule has 1 rings (SSSR count). The Hall–Kier alpha value is -0.720. The number of hydrogen-bond donors (Lipinski definition) is 2. The highest BCUT2D eigenvalue weighted by molar-refractivity contribution is 7.73. The summed E-state index contributed by atoms with van der Waals surface area (Å²) in [4.78, 5) is 9.69. The fraction of sp³-hybridized carbons (Fsp3) is 0.556. The second-order valence-corrected chi connectivity index (χ2v) is 5.14. The quantitative estimate of drug-likeness (QED) is 0.473. The van der Waals surface area contributed by atoms with E-state index in [0.717, 1.165) is 19.5 Å². The zero-order valence-corrected chi connectivity index (χ0v) is 10.5. The van der Waals surface area contributed by atoms with Crippen molar-refractivity contribution in [1.29, 1.82) is 0 Å². The van der Waals surface area contributed by atoms with Crippen LogP contribution in [-0.4, -0.2) is 48.4 Å². The number of rotatable bonds is 5. The average molecular weight is 245 g/mol. The first-order chi connectivity index (χ1) is 7.09. The van der Waals surface area contributed by atoms with E-state index in [1.807, 2.05) is 14.1 Å². The van der Waals surface area contributed by atoms with Crippen molar-refractivity contribution < 1.29 is 5.11 Å². The zero-order chi connectivity index (χ0) is 11.3. The third kappa shape index (κ3) is 4.55. The van der Waals surface area contributed by atoms with E-state index in [1.165, 1.54) is 11.3 Å². The summed E-state index contributed by atoms with van der Waals surface area (Å²) in [6, 6.07) is 0. The lowest BCUT2D eigenvalue weighted by atomic mass is 10.4. The first kappa shape index (κ1) is 12.4. The molecule has 0 spiro atoms. The highest BCUT2D eigenvalue weighted by Crippen LogP contribution is 2.18. The first-order valence-corrected chi connectivity index (χ1v) is 5.88. The number of aromatic amines is 1. The zero-order valence-electron chi connectivity index (χ0n) is 8.86. The summed E-state index contributed by atoms with van der Waals surface area (Å²) in [6.07, 6.45) is 2.68. The van der Waals surface area contributed by atoms with Gasteiger partial charge in [0, 0.05) is 12.8 Å². The molecule has 1 aromatic rings. The molecule has 1 heterocycles. The Labute approximate surface area is 98.3 Å². The molecule has 0 saturated heterocycles. The van der Waals surface area contributed by atoms with Crippen LogP contribution in [0.2, 0.25) is 0 Å². The van der Waals surface area contributed by atoms with Crippen molar-refractivity contribution in [2.45, 2.75) is 6.42 Å². The van der Waals surface area contributed by atoms with Gasteiger partial charge < -0.3 is 15.0 Å². The van der Waals surface area contributed by atoms with Crippen LogP contribution in [0.5, 0.6) is 5.88 Å². The average Bonchev–Trinajstić information content (AvgIpc) is 2.44. The molecule has 0 radical (unpaired) electrons. The maximum Gasteiger partial charge on any atom is 0.209 e. The Balaban J connectivity index is 2.38. The van der Waals surface area contributed by atoms with Crippen LogP contribution in [0.1, 0.15) is 11.3 Å². The molecule has 0 bridgehead atoms. The van der Waals surface area contributed by atoms with Crippen molar-refractivity contribution in [3.63, 3.8) is 0 Å². The molecule has 0 fully saturated rings. The van der Waals surface area contributed by atoms with Gasteiger partial charge in [-0.15, -0.1) is 0 Å². The summed E-state index contributed by atoms with van der Waals surface area (Å²) in [6.45, 7) is 1.79. The molecule has 0 aliphatic rings. The number of aliphatic imine (C=N–C) groups is 1. The van der Waals surface area contributed by atoms with E-state index in [4.69, 9.17) is 12.2 Å². The SMILES string of the molecule is CN(C)CCCN=Cc1sc(=S)[nH]c1O. The molecule has 4 nitrogen and oxygen atoms in total. The highest BCUT2D eigenvalue weighted by atomic mass is 32.1. The highest BCUT2D eigenvalue weighted by Gasteiger charge is 2.00. The summed E-state index contributed by atoms with van der Waals surface area (Å²) in [5.74, 6) is 0.112. The van der Waals surface area contributed by atoms with Crippen LogP contribution >= 0.6 is 23.6 Å². The van der Waals surface area contributed by atoms with Gasteiger partial charge in [-0.1, -0.05) is 11.3 Å². The lowest BCUT2D eigenvalue weighted by Gasteiger charge is -2.06. The van der Waals surface area contributed by atoms with E-state index >= 15 is 0 Å². The third-order valence-corrected chi connectivity index (χ3v) is 2.92. The molecule has 2 N–H and O–H groups in total. The Kier molecular flexibility index (Phi) is 4.93. The van der Waals surface area contributed by atoms with Gasteiger partial charge in [-0.3, -0.25) is 4.99 Å². The van der Waals surface area contributed by atoms with Crippen LogP contribution in [0, 0.1) is 3.95 Å². The van der Waals surface area contributed by atoms with Crippen LogP contribution < -0.4 is 0 Å². The number of H-pyrrole nitrogens is 1. The molecule has 0 saturated carbocycles. The van der Waals surface area contributed by atoms with Gasteiger partial charge in [-0.25, -0.2) is 0 Å². The minimum Gasteiger partial charge on any atom is -0.494 e. The molecule has 84 valence electrons. The second kappa shape index (κ2) is 5.99. The second-order valence-electron chi connectivity index (χ2n) is 3.42. The number of nitrogens with one attached hydrogen (secondary N) is 1. The maximum atomic E-state index is 9.36. The Morgan fingerprint density at radius 3 is 2.87 bits per heavy atom. The molecule has 0 aliphatic carbocycles. The fourth-order valence-corrected chi connectivity index (χ4v) is 2.03. The van der Waals surface area contributed by atoms with E-state index in [2.05, 4.69) is 14.9 Å². The minimum absolute atomic E-state index is 0.112. The van der Waals surface area contributed by atoms with Gasteiger partial charge in [0.05, 0.1) is 0 Å². The van der Waals surface area contributed by atoms with Gasteiger partial charge >= 0.3 is 0 Å². The normalized spacial score (nSPS) is 11.7. The van der Waals surface area contributed by atoms with Gasteiger partial charge in [0.1, 0.15) is 4.88 Å². The van der Waals surface area contributed by atoms with E-state index in [1.54, 1.807) is 6.21 Å². The molecule has 6 heteroatoms. The number of hydrogen-bond acceptors (Lipinski definition) is 5. The molecule has 0 unspecified atom stereocenters. The number of thiazole rings is 1. The predicted molar refractivity (Wildman–Crippen MR) is 66.8 cm³/mol. The van der Waals surface area contributed by atoms with Gasteiger partial charge in [-0.05, 0) is 39.3 Å². The summed E-state index contributed by atoms with van der Waals surface area (Å²) in [5.41, 5.74) is 0. The first-order valence-electron chi connectivity index (χ1n) is 4.66. The smallest absolute Gasteiger partial charge is 0.209 e. The number of aromatic hydroxyl groups is 1. The molecule has 0 aliphatic heterocycles. The lowest BCUT2D eigenvalue weighted by molar-refractivity contribution is 0.403. The standard InChI is InChI=1S/C9H15N3OS2/c1-12(2)5-3-4-10-6-7-8(13)11-9(14)15-7/h6,13H,3-5H2,1-2H3,(H,11,14). The van der Waals surface area contributed by atoms with Crippen LogP contribution in [0.4, 0.5) is 0 Å². The van der Waals surface area contributed by atoms with Crippen molar-refractivity contribution in [3.8, 4) is 5.88 Å². The molecule has 0 aromatic carbocycles. The van der Waals surface area contributed by atoms with Crippen molar-refractivity contribution in [3.05, 3.63) is 8.83 Å². The topological polar surface area (TPSA) is 51.6 Å². The van der Waals surface area contributed by atoms with Crippen LogP contribution in [0.25, 0.3) is 0 Å². The third-order valence-electron chi connectivity index (χ3n) is 1.76. The molecular formula is C9H15N3OS2. The van der Waals surface area contributed by atoms with Gasteiger partial charge in [0.25, 0.3) is 0 Å². The predicted octanol–water partition coefficient (Wildman–Crippen LogP) is 1.88. The van der Waals surface area contributed by atoms with E-state index < -0.39 is 0 Å². The number of aromatic nitrogens is 1.